The molecule has 0 bridgehead atoms. The highest BCUT2D eigenvalue weighted by Crippen LogP contribution is 2.37. The Labute approximate surface area is 128 Å². The third kappa shape index (κ3) is 3.64. The van der Waals surface area contributed by atoms with Crippen molar-refractivity contribution in [3.05, 3.63) is 11.8 Å². The summed E-state index contributed by atoms with van der Waals surface area (Å²) in [5, 5.41) is 3.28. The van der Waals surface area contributed by atoms with E-state index in [0.29, 0.717) is 5.54 Å². The first-order chi connectivity index (χ1) is 9.97. The van der Waals surface area contributed by atoms with Crippen molar-refractivity contribution in [2.24, 2.45) is 0 Å². The van der Waals surface area contributed by atoms with E-state index >= 15 is 0 Å². The van der Waals surface area contributed by atoms with E-state index in [9.17, 15) is 0 Å². The number of aryl methyl sites for hydroxylation is 1. The summed E-state index contributed by atoms with van der Waals surface area (Å²) in [5.74, 6) is 1.75. The van der Waals surface area contributed by atoms with Gasteiger partial charge in [0.05, 0.1) is 0 Å². The molecule has 0 spiro atoms. The molecule has 0 amide bonds. The molecular formula is C16H29N5. The summed E-state index contributed by atoms with van der Waals surface area (Å²) in [7, 11) is 6.51. The summed E-state index contributed by atoms with van der Waals surface area (Å²) in [6.45, 7) is 6.10. The Morgan fingerprint density at radius 3 is 2.48 bits per heavy atom. The topological polar surface area (TPSA) is 44.3 Å². The van der Waals surface area contributed by atoms with Gasteiger partial charge in [-0.15, -0.1) is 0 Å². The normalized spacial score (nSPS) is 16.7. The number of anilines is 2. The minimum absolute atomic E-state index is 0.310. The maximum atomic E-state index is 4.66. The fourth-order valence-electron chi connectivity index (χ4n) is 2.92. The van der Waals surface area contributed by atoms with Gasteiger partial charge in [0.15, 0.2) is 0 Å². The molecule has 1 aromatic rings. The van der Waals surface area contributed by atoms with Crippen LogP contribution in [0.1, 0.15) is 38.3 Å². The maximum Gasteiger partial charge on any atom is 0.224 e. The van der Waals surface area contributed by atoms with Crippen LogP contribution in [-0.4, -0.2) is 54.6 Å². The van der Waals surface area contributed by atoms with Crippen LogP contribution in [0.5, 0.6) is 0 Å². The van der Waals surface area contributed by atoms with Crippen molar-refractivity contribution in [3.8, 4) is 0 Å². The fourth-order valence-corrected chi connectivity index (χ4v) is 2.92. The summed E-state index contributed by atoms with van der Waals surface area (Å²) in [4.78, 5) is 13.8. The molecule has 1 aliphatic rings. The molecule has 1 aliphatic carbocycles. The Hall–Kier alpha value is -1.36. The lowest BCUT2D eigenvalue weighted by molar-refractivity contribution is 0.0682. The van der Waals surface area contributed by atoms with Crippen molar-refractivity contribution in [3.63, 3.8) is 0 Å². The number of aromatic nitrogens is 2. The summed E-state index contributed by atoms with van der Waals surface area (Å²) >= 11 is 0. The lowest BCUT2D eigenvalue weighted by Crippen LogP contribution is -2.56. The molecule has 0 radical (unpaired) electrons. The Morgan fingerprint density at radius 2 is 1.95 bits per heavy atom. The fraction of sp³-hybridized carbons (Fsp3) is 0.750. The molecule has 118 valence electrons. The molecule has 1 saturated carbocycles. The van der Waals surface area contributed by atoms with E-state index < -0.39 is 0 Å². The average Bonchev–Trinajstić information content (AvgIpc) is 2.39. The van der Waals surface area contributed by atoms with Gasteiger partial charge in [-0.25, -0.2) is 4.98 Å². The van der Waals surface area contributed by atoms with Crippen LogP contribution in [0.4, 0.5) is 11.8 Å². The number of nitrogens with zero attached hydrogens (tertiary/aromatic N) is 4. The second kappa shape index (κ2) is 6.60. The molecule has 5 heteroatoms. The first kappa shape index (κ1) is 16.0. The highest BCUT2D eigenvalue weighted by molar-refractivity contribution is 5.44. The lowest BCUT2D eigenvalue weighted by Gasteiger charge is -2.49. The van der Waals surface area contributed by atoms with Crippen molar-refractivity contribution < 1.29 is 0 Å². The van der Waals surface area contributed by atoms with Crippen LogP contribution in [0.2, 0.25) is 0 Å². The molecule has 0 aromatic carbocycles. The smallest absolute Gasteiger partial charge is 0.224 e. The molecule has 2 rings (SSSR count). The van der Waals surface area contributed by atoms with Gasteiger partial charge in [0.2, 0.25) is 5.95 Å². The Morgan fingerprint density at radius 1 is 1.24 bits per heavy atom. The second-order valence-corrected chi connectivity index (χ2v) is 6.45. The van der Waals surface area contributed by atoms with E-state index in [4.69, 9.17) is 0 Å². The minimum atomic E-state index is 0.310. The van der Waals surface area contributed by atoms with Gasteiger partial charge < -0.3 is 15.1 Å². The molecule has 1 aromatic heterocycles. The predicted molar refractivity (Wildman–Crippen MR) is 89.1 cm³/mol. The van der Waals surface area contributed by atoms with E-state index in [1.807, 2.05) is 6.92 Å². The van der Waals surface area contributed by atoms with E-state index in [1.54, 1.807) is 0 Å². The van der Waals surface area contributed by atoms with Gasteiger partial charge in [-0.2, -0.15) is 4.98 Å². The number of nitrogens with one attached hydrogen (secondary N) is 1. The zero-order valence-corrected chi connectivity index (χ0v) is 14.1. The van der Waals surface area contributed by atoms with Crippen LogP contribution >= 0.6 is 0 Å². The standard InChI is InChI=1S/C16H29N5/c1-6-10-17-15-18-13(2)11-14(19-15)21(5)12-16(20(3)4)8-7-9-16/h11H,6-10,12H2,1-5H3,(H,17,18,19). The number of likely N-dealkylation sites (N-methyl/N-ethyl adjacent to an activating group) is 2. The van der Waals surface area contributed by atoms with E-state index in [-0.39, 0.29) is 0 Å². The van der Waals surface area contributed by atoms with Crippen molar-refractivity contribution in [2.45, 2.75) is 45.1 Å². The predicted octanol–water partition coefficient (Wildman–Crippen LogP) is 2.53. The van der Waals surface area contributed by atoms with Gasteiger partial charge in [-0.3, -0.25) is 0 Å². The van der Waals surface area contributed by atoms with Gasteiger partial charge in [0.25, 0.3) is 0 Å². The van der Waals surface area contributed by atoms with Crippen molar-refractivity contribution in [1.82, 2.24) is 14.9 Å². The Bertz CT molecular complexity index is 468. The molecule has 0 atom stereocenters. The van der Waals surface area contributed by atoms with Crippen LogP contribution in [-0.2, 0) is 0 Å². The quantitative estimate of drug-likeness (QED) is 0.836. The monoisotopic (exact) mass is 291 g/mol. The van der Waals surface area contributed by atoms with Gasteiger partial charge in [0, 0.05) is 37.4 Å². The molecule has 0 aliphatic heterocycles. The van der Waals surface area contributed by atoms with E-state index in [0.717, 1.165) is 37.0 Å². The first-order valence-corrected chi connectivity index (χ1v) is 7.95. The van der Waals surface area contributed by atoms with Crippen LogP contribution in [0.15, 0.2) is 6.07 Å². The highest BCUT2D eigenvalue weighted by atomic mass is 15.3. The summed E-state index contributed by atoms with van der Waals surface area (Å²) in [6.07, 6.45) is 4.95. The SMILES string of the molecule is CCCNc1nc(C)cc(N(C)CC2(N(C)C)CCC2)n1. The largest absolute Gasteiger partial charge is 0.358 e. The summed E-state index contributed by atoms with van der Waals surface area (Å²) in [6, 6.07) is 2.07. The zero-order chi connectivity index (χ0) is 15.5. The van der Waals surface area contributed by atoms with E-state index in [1.165, 1.54) is 19.3 Å². The maximum absolute atomic E-state index is 4.66. The molecule has 21 heavy (non-hydrogen) atoms. The first-order valence-electron chi connectivity index (χ1n) is 7.95. The Kier molecular flexibility index (Phi) is 5.04. The molecule has 1 heterocycles. The third-order valence-corrected chi connectivity index (χ3v) is 4.53. The molecule has 0 saturated heterocycles. The zero-order valence-electron chi connectivity index (χ0n) is 14.1. The van der Waals surface area contributed by atoms with Crippen molar-refractivity contribution >= 4 is 11.8 Å². The van der Waals surface area contributed by atoms with Crippen LogP contribution in [0.25, 0.3) is 0 Å². The molecule has 1 N–H and O–H groups in total. The Balaban J connectivity index is 2.11. The second-order valence-electron chi connectivity index (χ2n) is 6.45. The number of rotatable bonds is 7. The highest BCUT2D eigenvalue weighted by Gasteiger charge is 2.40. The van der Waals surface area contributed by atoms with E-state index in [2.05, 4.69) is 59.2 Å². The molecule has 5 nitrogen and oxygen atoms in total. The summed E-state index contributed by atoms with van der Waals surface area (Å²) in [5.41, 5.74) is 1.32. The number of hydrogen-bond donors (Lipinski definition) is 1. The van der Waals surface area contributed by atoms with Crippen LogP contribution < -0.4 is 10.2 Å². The average molecular weight is 291 g/mol. The number of hydrogen-bond acceptors (Lipinski definition) is 5. The molecule has 0 unspecified atom stereocenters. The van der Waals surface area contributed by atoms with Gasteiger partial charge in [0.1, 0.15) is 5.82 Å². The summed E-state index contributed by atoms with van der Waals surface area (Å²) < 4.78 is 0. The molecular weight excluding hydrogens is 262 g/mol. The van der Waals surface area contributed by atoms with Crippen molar-refractivity contribution in [2.75, 3.05) is 44.4 Å². The van der Waals surface area contributed by atoms with Gasteiger partial charge in [-0.1, -0.05) is 6.92 Å². The van der Waals surface area contributed by atoms with Crippen LogP contribution in [0.3, 0.4) is 0 Å². The van der Waals surface area contributed by atoms with Crippen LogP contribution in [0, 0.1) is 6.92 Å². The lowest BCUT2D eigenvalue weighted by atomic mass is 9.75. The van der Waals surface area contributed by atoms with Gasteiger partial charge >= 0.3 is 0 Å². The van der Waals surface area contributed by atoms with Gasteiger partial charge in [-0.05, 0) is 46.7 Å². The molecule has 1 fully saturated rings. The minimum Gasteiger partial charge on any atom is -0.358 e. The third-order valence-electron chi connectivity index (χ3n) is 4.53. The van der Waals surface area contributed by atoms with Crippen molar-refractivity contribution in [1.29, 1.82) is 0 Å².